The summed E-state index contributed by atoms with van der Waals surface area (Å²) in [5, 5.41) is 8.68. The summed E-state index contributed by atoms with van der Waals surface area (Å²) >= 11 is 0. The van der Waals surface area contributed by atoms with Crippen LogP contribution in [0.1, 0.15) is 6.92 Å². The van der Waals surface area contributed by atoms with E-state index in [-0.39, 0.29) is 6.61 Å². The first kappa shape index (κ1) is 15.0. The Morgan fingerprint density at radius 3 is 2.12 bits per heavy atom. The van der Waals surface area contributed by atoms with Gasteiger partial charge in [-0.15, -0.1) is 0 Å². The molecule has 0 spiro atoms. The molecular weight excluding hydrogens is 241 g/mol. The lowest BCUT2D eigenvalue weighted by Crippen LogP contribution is -2.58. The zero-order valence-electron chi connectivity index (χ0n) is 8.09. The summed E-state index contributed by atoms with van der Waals surface area (Å²) in [7, 11) is 0. The topological polar surface area (TPSA) is 72.5 Å². The molecule has 0 saturated carbocycles. The summed E-state index contributed by atoms with van der Waals surface area (Å²) < 4.78 is 64.5. The number of nitrogens with two attached hydrogens (primary N) is 1. The second-order valence-electron chi connectivity index (χ2n) is 2.84. The van der Waals surface area contributed by atoms with Crippen LogP contribution < -0.4 is 5.73 Å². The van der Waals surface area contributed by atoms with Crippen LogP contribution in [-0.4, -0.2) is 41.9 Å². The molecule has 4 nitrogen and oxygen atoms in total. The maximum absolute atomic E-state index is 12.5. The molecule has 0 heterocycles. The van der Waals surface area contributed by atoms with E-state index in [1.165, 1.54) is 6.92 Å². The second kappa shape index (κ2) is 4.91. The standard InChI is InChI=1S/C7H10F5NO3/c1-2-16-5(15)3(13)4(14)6(8,9)7(10,11)12/h3-4,14H,2,13H2,1H3. The smallest absolute Gasteiger partial charge is 0.456 e. The van der Waals surface area contributed by atoms with E-state index >= 15 is 0 Å². The average molecular weight is 251 g/mol. The van der Waals surface area contributed by atoms with Gasteiger partial charge in [0, 0.05) is 0 Å². The fourth-order valence-electron chi connectivity index (χ4n) is 0.761. The van der Waals surface area contributed by atoms with E-state index in [2.05, 4.69) is 4.74 Å². The normalized spacial score (nSPS) is 16.8. The highest BCUT2D eigenvalue weighted by atomic mass is 19.4. The van der Waals surface area contributed by atoms with Gasteiger partial charge >= 0.3 is 18.1 Å². The second-order valence-corrected chi connectivity index (χ2v) is 2.84. The lowest BCUT2D eigenvalue weighted by molar-refractivity contribution is -0.314. The van der Waals surface area contributed by atoms with Crippen molar-refractivity contribution in [1.82, 2.24) is 0 Å². The first-order valence-corrected chi connectivity index (χ1v) is 4.10. The SMILES string of the molecule is CCOC(=O)C(N)C(O)C(F)(F)C(F)(F)F. The van der Waals surface area contributed by atoms with Crippen molar-refractivity contribution in [3.8, 4) is 0 Å². The van der Waals surface area contributed by atoms with Crippen LogP contribution in [0.5, 0.6) is 0 Å². The number of alkyl halides is 5. The summed E-state index contributed by atoms with van der Waals surface area (Å²) in [5.74, 6) is -7.00. The Labute approximate surface area is 87.2 Å². The quantitative estimate of drug-likeness (QED) is 0.561. The highest BCUT2D eigenvalue weighted by Gasteiger charge is 2.64. The van der Waals surface area contributed by atoms with Crippen LogP contribution >= 0.6 is 0 Å². The molecule has 0 aliphatic carbocycles. The number of halogens is 5. The van der Waals surface area contributed by atoms with Crippen LogP contribution in [0, 0.1) is 0 Å². The van der Waals surface area contributed by atoms with Gasteiger partial charge in [-0.3, -0.25) is 4.79 Å². The number of carbonyl (C=O) groups excluding carboxylic acids is 1. The Hall–Kier alpha value is -0.960. The Balaban J connectivity index is 4.79. The van der Waals surface area contributed by atoms with Crippen molar-refractivity contribution in [1.29, 1.82) is 0 Å². The molecule has 0 rings (SSSR count). The molecule has 0 radical (unpaired) electrons. The van der Waals surface area contributed by atoms with E-state index in [4.69, 9.17) is 10.8 Å². The predicted octanol–water partition coefficient (Wildman–Crippen LogP) is 0.435. The lowest BCUT2D eigenvalue weighted by atomic mass is 10.1. The third kappa shape index (κ3) is 3.01. The molecule has 0 aromatic rings. The Morgan fingerprint density at radius 2 is 1.81 bits per heavy atom. The minimum atomic E-state index is -5.99. The zero-order valence-corrected chi connectivity index (χ0v) is 8.09. The molecule has 0 saturated heterocycles. The molecule has 0 aromatic heterocycles. The van der Waals surface area contributed by atoms with E-state index in [0.29, 0.717) is 0 Å². The molecule has 0 amide bonds. The fourth-order valence-corrected chi connectivity index (χ4v) is 0.761. The van der Waals surface area contributed by atoms with Gasteiger partial charge < -0.3 is 15.6 Å². The monoisotopic (exact) mass is 251 g/mol. The predicted molar refractivity (Wildman–Crippen MR) is 41.6 cm³/mol. The molecule has 3 N–H and O–H groups in total. The molecule has 2 unspecified atom stereocenters. The van der Waals surface area contributed by atoms with E-state index in [0.717, 1.165) is 0 Å². The fraction of sp³-hybridized carbons (Fsp3) is 0.857. The molecule has 0 fully saturated rings. The van der Waals surface area contributed by atoms with Crippen molar-refractivity contribution in [3.63, 3.8) is 0 Å². The average Bonchev–Trinajstić information content (AvgIpc) is 2.14. The molecule has 9 heteroatoms. The van der Waals surface area contributed by atoms with Crippen LogP contribution in [0.4, 0.5) is 22.0 Å². The number of esters is 1. The van der Waals surface area contributed by atoms with Crippen LogP contribution in [0.3, 0.4) is 0 Å². The van der Waals surface area contributed by atoms with Gasteiger partial charge in [-0.25, -0.2) is 0 Å². The van der Waals surface area contributed by atoms with E-state index in [1.807, 2.05) is 0 Å². The maximum Gasteiger partial charge on any atom is 0.456 e. The first-order valence-electron chi connectivity index (χ1n) is 4.10. The minimum Gasteiger partial charge on any atom is -0.465 e. The third-order valence-corrected chi connectivity index (χ3v) is 1.65. The van der Waals surface area contributed by atoms with Gasteiger partial charge in [0.15, 0.2) is 6.10 Å². The molecule has 0 aliphatic rings. The van der Waals surface area contributed by atoms with Gasteiger partial charge in [0.2, 0.25) is 0 Å². The summed E-state index contributed by atoms with van der Waals surface area (Å²) in [4.78, 5) is 10.8. The number of aliphatic hydroxyl groups is 1. The van der Waals surface area contributed by atoms with Gasteiger partial charge in [-0.1, -0.05) is 0 Å². The summed E-state index contributed by atoms with van der Waals surface area (Å²) in [6.07, 6.45) is -9.37. The number of ether oxygens (including phenoxy) is 1. The summed E-state index contributed by atoms with van der Waals surface area (Å²) in [6, 6.07) is -2.46. The number of rotatable bonds is 4. The van der Waals surface area contributed by atoms with Crippen LogP contribution in [0.15, 0.2) is 0 Å². The Kier molecular flexibility index (Phi) is 4.62. The molecule has 16 heavy (non-hydrogen) atoms. The molecule has 96 valence electrons. The highest BCUT2D eigenvalue weighted by molar-refractivity contribution is 5.76. The number of aliphatic hydroxyl groups excluding tert-OH is 1. The zero-order chi connectivity index (χ0) is 13.1. The van der Waals surface area contributed by atoms with Gasteiger partial charge in [-0.05, 0) is 6.92 Å². The largest absolute Gasteiger partial charge is 0.465 e. The number of carbonyl (C=O) groups is 1. The number of hydrogen-bond donors (Lipinski definition) is 2. The molecule has 0 bridgehead atoms. The number of hydrogen-bond acceptors (Lipinski definition) is 4. The van der Waals surface area contributed by atoms with Gasteiger partial charge in [-0.2, -0.15) is 22.0 Å². The van der Waals surface area contributed by atoms with E-state index in [9.17, 15) is 26.7 Å². The van der Waals surface area contributed by atoms with Crippen LogP contribution in [-0.2, 0) is 9.53 Å². The Morgan fingerprint density at radius 1 is 1.38 bits per heavy atom. The van der Waals surface area contributed by atoms with Crippen molar-refractivity contribution >= 4 is 5.97 Å². The van der Waals surface area contributed by atoms with Crippen molar-refractivity contribution in [2.45, 2.75) is 31.2 Å². The minimum absolute atomic E-state index is 0.253. The molecule has 2 atom stereocenters. The van der Waals surface area contributed by atoms with Crippen molar-refractivity contribution < 1.29 is 36.6 Å². The molecular formula is C7H10F5NO3. The van der Waals surface area contributed by atoms with E-state index < -0.39 is 30.2 Å². The lowest BCUT2D eigenvalue weighted by Gasteiger charge is -2.27. The van der Waals surface area contributed by atoms with Crippen molar-refractivity contribution in [3.05, 3.63) is 0 Å². The van der Waals surface area contributed by atoms with Crippen molar-refractivity contribution in [2.24, 2.45) is 5.73 Å². The van der Waals surface area contributed by atoms with E-state index in [1.54, 1.807) is 0 Å². The Bertz CT molecular complexity index is 255. The third-order valence-electron chi connectivity index (χ3n) is 1.65. The molecule has 0 aromatic carbocycles. The van der Waals surface area contributed by atoms with Gasteiger partial charge in [0.25, 0.3) is 0 Å². The highest BCUT2D eigenvalue weighted by Crippen LogP contribution is 2.38. The van der Waals surface area contributed by atoms with Crippen LogP contribution in [0.2, 0.25) is 0 Å². The summed E-state index contributed by atoms with van der Waals surface area (Å²) in [6.45, 7) is 1.05. The van der Waals surface area contributed by atoms with Crippen molar-refractivity contribution in [2.75, 3.05) is 6.61 Å². The van der Waals surface area contributed by atoms with Crippen LogP contribution in [0.25, 0.3) is 0 Å². The summed E-state index contributed by atoms with van der Waals surface area (Å²) in [5.41, 5.74) is 4.73. The maximum atomic E-state index is 12.5. The first-order chi connectivity index (χ1) is 7.05. The molecule has 0 aliphatic heterocycles. The van der Waals surface area contributed by atoms with Gasteiger partial charge in [0.1, 0.15) is 6.04 Å². The van der Waals surface area contributed by atoms with Gasteiger partial charge in [0.05, 0.1) is 6.61 Å².